The van der Waals surface area contributed by atoms with Crippen molar-refractivity contribution in [1.82, 2.24) is 14.4 Å². The summed E-state index contributed by atoms with van der Waals surface area (Å²) in [6.07, 6.45) is 0.955. The van der Waals surface area contributed by atoms with Gasteiger partial charge in [0.1, 0.15) is 6.61 Å². The molecule has 0 aliphatic heterocycles. The Morgan fingerprint density at radius 3 is 2.71 bits per heavy atom. The Kier molecular flexibility index (Phi) is 4.66. The molecule has 1 N–H and O–H groups in total. The second kappa shape index (κ2) is 6.88. The van der Waals surface area contributed by atoms with Crippen LogP contribution in [0.2, 0.25) is 0 Å². The minimum absolute atomic E-state index is 0.0797. The summed E-state index contributed by atoms with van der Waals surface area (Å²) in [4.78, 5) is 8.73. The molecule has 0 aliphatic carbocycles. The monoisotopic (exact) mass is 336 g/mol. The molecule has 0 saturated carbocycles. The van der Waals surface area contributed by atoms with E-state index in [0.717, 1.165) is 11.3 Å². The Morgan fingerprint density at radius 1 is 1.17 bits per heavy atom. The van der Waals surface area contributed by atoms with E-state index in [4.69, 9.17) is 0 Å². The number of anilines is 1. The van der Waals surface area contributed by atoms with Crippen molar-refractivity contribution in [2.45, 2.75) is 6.18 Å². The fourth-order valence-corrected chi connectivity index (χ4v) is 2.23. The first-order chi connectivity index (χ1) is 11.5. The van der Waals surface area contributed by atoms with E-state index >= 15 is 0 Å². The second-order valence-corrected chi connectivity index (χ2v) is 5.09. The number of imidazole rings is 1. The van der Waals surface area contributed by atoms with Gasteiger partial charge >= 0.3 is 6.18 Å². The number of fused-ring (bicyclic) bond motifs is 1. The first-order valence-electron chi connectivity index (χ1n) is 7.30. The van der Waals surface area contributed by atoms with Crippen molar-refractivity contribution in [2.75, 3.05) is 25.1 Å². The molecule has 126 valence electrons. The van der Waals surface area contributed by atoms with E-state index in [1.54, 1.807) is 12.4 Å². The van der Waals surface area contributed by atoms with Crippen LogP contribution in [0.15, 0.2) is 48.9 Å². The number of hydrogen-bond acceptors (Lipinski definition) is 4. The summed E-state index contributed by atoms with van der Waals surface area (Å²) in [5.74, 6) is 0.497. The van der Waals surface area contributed by atoms with Gasteiger partial charge in [-0.15, -0.1) is 0 Å². The summed E-state index contributed by atoms with van der Waals surface area (Å²) in [7, 11) is 0. The van der Waals surface area contributed by atoms with Gasteiger partial charge in [0.05, 0.1) is 12.3 Å². The van der Waals surface area contributed by atoms with Gasteiger partial charge in [0, 0.05) is 30.7 Å². The molecule has 3 rings (SSSR count). The molecule has 0 radical (unpaired) electrons. The molecule has 0 unspecified atom stereocenters. The lowest BCUT2D eigenvalue weighted by molar-refractivity contribution is -0.172. The molecular weight excluding hydrogens is 321 g/mol. The Morgan fingerprint density at radius 2 is 1.96 bits per heavy atom. The van der Waals surface area contributed by atoms with Crippen molar-refractivity contribution >= 4 is 11.5 Å². The number of nitrogens with one attached hydrogen (secondary N) is 1. The molecule has 0 atom stereocenters. The van der Waals surface area contributed by atoms with Gasteiger partial charge in [-0.2, -0.15) is 13.2 Å². The molecule has 0 fully saturated rings. The highest BCUT2D eigenvalue weighted by Crippen LogP contribution is 2.21. The molecule has 0 aliphatic rings. The van der Waals surface area contributed by atoms with Crippen LogP contribution in [0.25, 0.3) is 16.9 Å². The topological polar surface area (TPSA) is 51.5 Å². The van der Waals surface area contributed by atoms with E-state index < -0.39 is 12.8 Å². The van der Waals surface area contributed by atoms with Gasteiger partial charge < -0.3 is 14.5 Å². The van der Waals surface area contributed by atoms with E-state index in [0.29, 0.717) is 11.5 Å². The van der Waals surface area contributed by atoms with E-state index in [9.17, 15) is 13.2 Å². The lowest BCUT2D eigenvalue weighted by Crippen LogP contribution is -2.20. The number of hydrogen-bond donors (Lipinski definition) is 1. The smallest absolute Gasteiger partial charge is 0.370 e. The standard InChI is InChI=1S/C16H15F3N4O/c17-16(18,19)11-24-9-7-20-14-15-21-6-8-23(15)10-13(22-14)12-4-2-1-3-5-12/h1-6,8,10H,7,9,11H2,(H,20,22). The molecule has 8 heteroatoms. The molecule has 3 aromatic rings. The molecular formula is C16H15F3N4O. The number of aromatic nitrogens is 3. The quantitative estimate of drug-likeness (QED) is 0.701. The number of halogens is 3. The van der Waals surface area contributed by atoms with Crippen LogP contribution in [0.1, 0.15) is 0 Å². The summed E-state index contributed by atoms with van der Waals surface area (Å²) < 4.78 is 42.5. The third-order valence-corrected chi connectivity index (χ3v) is 3.25. The van der Waals surface area contributed by atoms with Crippen molar-refractivity contribution in [3.05, 3.63) is 48.9 Å². The maximum absolute atomic E-state index is 12.0. The van der Waals surface area contributed by atoms with Gasteiger partial charge in [-0.3, -0.25) is 0 Å². The van der Waals surface area contributed by atoms with Gasteiger partial charge in [-0.1, -0.05) is 30.3 Å². The van der Waals surface area contributed by atoms with Gasteiger partial charge in [0.15, 0.2) is 11.5 Å². The summed E-state index contributed by atoms with van der Waals surface area (Å²) in [5.41, 5.74) is 2.27. The summed E-state index contributed by atoms with van der Waals surface area (Å²) in [6, 6.07) is 9.60. The predicted octanol–water partition coefficient (Wildman–Crippen LogP) is 3.39. The Bertz CT molecular complexity index is 802. The number of nitrogens with zero attached hydrogens (tertiary/aromatic N) is 3. The van der Waals surface area contributed by atoms with Crippen molar-refractivity contribution in [3.63, 3.8) is 0 Å². The van der Waals surface area contributed by atoms with Gasteiger partial charge in [-0.05, 0) is 0 Å². The van der Waals surface area contributed by atoms with Gasteiger partial charge in [-0.25, -0.2) is 9.97 Å². The zero-order chi connectivity index (χ0) is 17.0. The molecule has 0 spiro atoms. The largest absolute Gasteiger partial charge is 0.411 e. The third kappa shape index (κ3) is 4.02. The number of alkyl halides is 3. The minimum atomic E-state index is -4.32. The van der Waals surface area contributed by atoms with Crippen LogP contribution >= 0.6 is 0 Å². The molecule has 24 heavy (non-hydrogen) atoms. The highest BCUT2D eigenvalue weighted by atomic mass is 19.4. The van der Waals surface area contributed by atoms with Crippen LogP contribution in [-0.4, -0.2) is 40.3 Å². The van der Waals surface area contributed by atoms with Crippen molar-refractivity contribution in [3.8, 4) is 11.3 Å². The maximum atomic E-state index is 12.0. The number of benzene rings is 1. The highest BCUT2D eigenvalue weighted by Gasteiger charge is 2.27. The normalized spacial score (nSPS) is 11.8. The predicted molar refractivity (Wildman–Crippen MR) is 83.8 cm³/mol. The second-order valence-electron chi connectivity index (χ2n) is 5.09. The molecule has 5 nitrogen and oxygen atoms in total. The zero-order valence-corrected chi connectivity index (χ0v) is 12.6. The average Bonchev–Trinajstić information content (AvgIpc) is 3.03. The molecule has 1 aromatic carbocycles. The molecule has 2 aromatic heterocycles. The fourth-order valence-electron chi connectivity index (χ4n) is 2.23. The number of rotatable bonds is 6. The maximum Gasteiger partial charge on any atom is 0.411 e. The summed E-state index contributed by atoms with van der Waals surface area (Å²) >= 11 is 0. The van der Waals surface area contributed by atoms with E-state index in [2.05, 4.69) is 20.0 Å². The van der Waals surface area contributed by atoms with Crippen LogP contribution in [0.3, 0.4) is 0 Å². The Balaban J connectivity index is 1.74. The fraction of sp³-hybridized carbons (Fsp3) is 0.250. The van der Waals surface area contributed by atoms with E-state index in [-0.39, 0.29) is 13.2 Å². The summed E-state index contributed by atoms with van der Waals surface area (Å²) in [6.45, 7) is -1.14. The Hall–Kier alpha value is -2.61. The third-order valence-electron chi connectivity index (χ3n) is 3.25. The lowest BCUT2D eigenvalue weighted by atomic mass is 10.2. The van der Waals surface area contributed by atoms with Gasteiger partial charge in [0.25, 0.3) is 0 Å². The molecule has 0 bridgehead atoms. The van der Waals surface area contributed by atoms with Crippen LogP contribution < -0.4 is 5.32 Å². The first-order valence-corrected chi connectivity index (χ1v) is 7.30. The van der Waals surface area contributed by atoms with Gasteiger partial charge in [0.2, 0.25) is 0 Å². The minimum Gasteiger partial charge on any atom is -0.370 e. The van der Waals surface area contributed by atoms with E-state index in [1.165, 1.54) is 0 Å². The van der Waals surface area contributed by atoms with Crippen molar-refractivity contribution < 1.29 is 17.9 Å². The molecule has 0 amide bonds. The van der Waals surface area contributed by atoms with Crippen molar-refractivity contribution in [1.29, 1.82) is 0 Å². The molecule has 2 heterocycles. The zero-order valence-electron chi connectivity index (χ0n) is 12.6. The first kappa shape index (κ1) is 16.3. The van der Waals surface area contributed by atoms with Crippen LogP contribution in [-0.2, 0) is 4.74 Å². The van der Waals surface area contributed by atoms with Crippen LogP contribution in [0, 0.1) is 0 Å². The van der Waals surface area contributed by atoms with Crippen LogP contribution in [0.5, 0.6) is 0 Å². The molecule has 0 saturated heterocycles. The highest BCUT2D eigenvalue weighted by molar-refractivity contribution is 5.69. The lowest BCUT2D eigenvalue weighted by Gasteiger charge is -2.11. The van der Waals surface area contributed by atoms with E-state index in [1.807, 2.05) is 40.9 Å². The summed E-state index contributed by atoms with van der Waals surface area (Å²) in [5, 5.41) is 2.98. The van der Waals surface area contributed by atoms with Crippen molar-refractivity contribution in [2.24, 2.45) is 0 Å². The Labute approximate surface area is 136 Å². The average molecular weight is 336 g/mol. The van der Waals surface area contributed by atoms with Crippen LogP contribution in [0.4, 0.5) is 19.0 Å². The number of ether oxygens (including phenoxy) is 1. The SMILES string of the molecule is FC(F)(F)COCCNc1nc(-c2ccccc2)cn2ccnc12.